The standard InChI is InChI=1S/C15H21NO4/c1-9-6-10(2)11(3)14(7-9)20-8-13(15(18)19-5)16-12(4)17/h6-7,13H,8H2,1-5H3,(H,16,17). The summed E-state index contributed by atoms with van der Waals surface area (Å²) in [5, 5.41) is 2.51. The van der Waals surface area contributed by atoms with Crippen molar-refractivity contribution in [3.63, 3.8) is 0 Å². The average molecular weight is 279 g/mol. The predicted molar refractivity (Wildman–Crippen MR) is 75.8 cm³/mol. The van der Waals surface area contributed by atoms with Crippen LogP contribution in [0.3, 0.4) is 0 Å². The van der Waals surface area contributed by atoms with Crippen LogP contribution in [-0.4, -0.2) is 31.6 Å². The van der Waals surface area contributed by atoms with Gasteiger partial charge in [-0.15, -0.1) is 0 Å². The van der Waals surface area contributed by atoms with Gasteiger partial charge in [0.15, 0.2) is 6.04 Å². The first-order valence-electron chi connectivity index (χ1n) is 6.40. The van der Waals surface area contributed by atoms with Crippen LogP contribution >= 0.6 is 0 Å². The molecule has 1 atom stereocenters. The summed E-state index contributed by atoms with van der Waals surface area (Å²) >= 11 is 0. The molecule has 1 unspecified atom stereocenters. The van der Waals surface area contributed by atoms with Crippen LogP contribution in [0, 0.1) is 20.8 Å². The molecule has 1 amide bonds. The lowest BCUT2D eigenvalue weighted by atomic mass is 10.1. The van der Waals surface area contributed by atoms with Gasteiger partial charge >= 0.3 is 5.97 Å². The number of carbonyl (C=O) groups excluding carboxylic acids is 2. The zero-order chi connectivity index (χ0) is 15.3. The number of carbonyl (C=O) groups is 2. The number of ether oxygens (including phenoxy) is 2. The van der Waals surface area contributed by atoms with E-state index < -0.39 is 12.0 Å². The summed E-state index contributed by atoms with van der Waals surface area (Å²) in [5.74, 6) is -0.120. The van der Waals surface area contributed by atoms with Gasteiger partial charge in [0.2, 0.25) is 5.91 Å². The van der Waals surface area contributed by atoms with Crippen LogP contribution in [0.5, 0.6) is 5.75 Å². The first-order chi connectivity index (χ1) is 9.35. The predicted octanol–water partition coefficient (Wildman–Crippen LogP) is 1.67. The fraction of sp³-hybridized carbons (Fsp3) is 0.467. The van der Waals surface area contributed by atoms with Crippen molar-refractivity contribution < 1.29 is 19.1 Å². The van der Waals surface area contributed by atoms with E-state index in [1.165, 1.54) is 14.0 Å². The Morgan fingerprint density at radius 3 is 2.45 bits per heavy atom. The zero-order valence-electron chi connectivity index (χ0n) is 12.6. The lowest BCUT2D eigenvalue weighted by molar-refractivity contribution is -0.145. The number of benzene rings is 1. The van der Waals surface area contributed by atoms with Crippen molar-refractivity contribution in [2.45, 2.75) is 33.7 Å². The molecule has 1 aromatic carbocycles. The van der Waals surface area contributed by atoms with Crippen molar-refractivity contribution in [2.75, 3.05) is 13.7 Å². The number of rotatable bonds is 5. The van der Waals surface area contributed by atoms with Crippen molar-refractivity contribution >= 4 is 11.9 Å². The van der Waals surface area contributed by atoms with E-state index in [0.29, 0.717) is 5.75 Å². The number of hydrogen-bond acceptors (Lipinski definition) is 4. The second-order valence-electron chi connectivity index (χ2n) is 4.79. The highest BCUT2D eigenvalue weighted by molar-refractivity contribution is 5.83. The van der Waals surface area contributed by atoms with Gasteiger partial charge in [-0.25, -0.2) is 4.79 Å². The van der Waals surface area contributed by atoms with Crippen LogP contribution in [0.4, 0.5) is 0 Å². The van der Waals surface area contributed by atoms with E-state index in [4.69, 9.17) is 4.74 Å². The number of hydrogen-bond donors (Lipinski definition) is 1. The van der Waals surface area contributed by atoms with Crippen LogP contribution in [0.2, 0.25) is 0 Å². The maximum Gasteiger partial charge on any atom is 0.331 e. The molecule has 0 heterocycles. The van der Waals surface area contributed by atoms with Crippen molar-refractivity contribution in [1.29, 1.82) is 0 Å². The second-order valence-corrected chi connectivity index (χ2v) is 4.79. The third kappa shape index (κ3) is 4.26. The molecule has 110 valence electrons. The van der Waals surface area contributed by atoms with Gasteiger partial charge in [-0.2, -0.15) is 0 Å². The van der Waals surface area contributed by atoms with Crippen LogP contribution < -0.4 is 10.1 Å². The van der Waals surface area contributed by atoms with E-state index in [2.05, 4.69) is 16.1 Å². The molecule has 0 fully saturated rings. The Morgan fingerprint density at radius 1 is 1.25 bits per heavy atom. The molecule has 0 aliphatic heterocycles. The molecule has 5 heteroatoms. The Labute approximate surface area is 119 Å². The topological polar surface area (TPSA) is 64.6 Å². The van der Waals surface area contributed by atoms with Crippen molar-refractivity contribution in [1.82, 2.24) is 5.32 Å². The van der Waals surface area contributed by atoms with Gasteiger partial charge in [-0.05, 0) is 43.5 Å². The Hall–Kier alpha value is -2.04. The molecule has 0 saturated carbocycles. The number of nitrogens with one attached hydrogen (secondary N) is 1. The van der Waals surface area contributed by atoms with Gasteiger partial charge in [0.05, 0.1) is 7.11 Å². The van der Waals surface area contributed by atoms with Crippen molar-refractivity contribution in [2.24, 2.45) is 0 Å². The maximum atomic E-state index is 11.6. The summed E-state index contributed by atoms with van der Waals surface area (Å²) in [4.78, 5) is 22.7. The molecular weight excluding hydrogens is 258 g/mol. The largest absolute Gasteiger partial charge is 0.491 e. The molecule has 0 aliphatic rings. The third-order valence-electron chi connectivity index (χ3n) is 3.03. The second kappa shape index (κ2) is 6.93. The van der Waals surface area contributed by atoms with Crippen LogP contribution in [0.15, 0.2) is 12.1 Å². The van der Waals surface area contributed by atoms with Gasteiger partial charge in [0.1, 0.15) is 12.4 Å². The minimum absolute atomic E-state index is 0.0377. The first-order valence-corrected chi connectivity index (χ1v) is 6.40. The number of aryl methyl sites for hydroxylation is 2. The van der Waals surface area contributed by atoms with Gasteiger partial charge in [0, 0.05) is 6.92 Å². The Kier molecular flexibility index (Phi) is 5.55. The summed E-state index contributed by atoms with van der Waals surface area (Å²) < 4.78 is 10.3. The smallest absolute Gasteiger partial charge is 0.331 e. The minimum Gasteiger partial charge on any atom is -0.491 e. The lowest BCUT2D eigenvalue weighted by Gasteiger charge is -2.18. The molecule has 5 nitrogen and oxygen atoms in total. The highest BCUT2D eigenvalue weighted by Gasteiger charge is 2.21. The van der Waals surface area contributed by atoms with Crippen LogP contribution in [-0.2, 0) is 14.3 Å². The monoisotopic (exact) mass is 279 g/mol. The summed E-state index contributed by atoms with van der Waals surface area (Å²) in [6, 6.07) is 3.16. The zero-order valence-corrected chi connectivity index (χ0v) is 12.6. The average Bonchev–Trinajstić information content (AvgIpc) is 2.38. The van der Waals surface area contributed by atoms with Crippen molar-refractivity contribution in [3.8, 4) is 5.75 Å². The Balaban J connectivity index is 2.82. The van der Waals surface area contributed by atoms with Gasteiger partial charge < -0.3 is 14.8 Å². The van der Waals surface area contributed by atoms with E-state index >= 15 is 0 Å². The van der Waals surface area contributed by atoms with Crippen LogP contribution in [0.25, 0.3) is 0 Å². The highest BCUT2D eigenvalue weighted by atomic mass is 16.5. The van der Waals surface area contributed by atoms with E-state index in [0.717, 1.165) is 16.7 Å². The molecule has 0 radical (unpaired) electrons. The fourth-order valence-electron chi connectivity index (χ4n) is 1.88. The molecule has 0 aliphatic carbocycles. The molecule has 0 saturated heterocycles. The van der Waals surface area contributed by atoms with Crippen LogP contribution in [0.1, 0.15) is 23.6 Å². The molecule has 1 rings (SSSR count). The van der Waals surface area contributed by atoms with Gasteiger partial charge in [0.25, 0.3) is 0 Å². The summed E-state index contributed by atoms with van der Waals surface area (Å²) in [7, 11) is 1.28. The molecule has 1 aromatic rings. The summed E-state index contributed by atoms with van der Waals surface area (Å²) in [6.45, 7) is 7.31. The molecule has 1 N–H and O–H groups in total. The first kappa shape index (κ1) is 16.0. The normalized spacial score (nSPS) is 11.7. The third-order valence-corrected chi connectivity index (χ3v) is 3.03. The molecular formula is C15H21NO4. The van der Waals surface area contributed by atoms with Gasteiger partial charge in [-0.1, -0.05) is 6.07 Å². The van der Waals surface area contributed by atoms with E-state index in [-0.39, 0.29) is 12.5 Å². The SMILES string of the molecule is COC(=O)C(COc1cc(C)cc(C)c1C)NC(C)=O. The van der Waals surface area contributed by atoms with Gasteiger partial charge in [-0.3, -0.25) is 4.79 Å². The molecule has 0 bridgehead atoms. The minimum atomic E-state index is -0.808. The lowest BCUT2D eigenvalue weighted by Crippen LogP contribution is -2.44. The highest BCUT2D eigenvalue weighted by Crippen LogP contribution is 2.23. The quantitative estimate of drug-likeness (QED) is 0.833. The molecule has 20 heavy (non-hydrogen) atoms. The van der Waals surface area contributed by atoms with E-state index in [1.54, 1.807) is 0 Å². The van der Waals surface area contributed by atoms with E-state index in [1.807, 2.05) is 26.8 Å². The number of methoxy groups -OCH3 is 1. The van der Waals surface area contributed by atoms with Crippen molar-refractivity contribution in [3.05, 3.63) is 28.8 Å². The molecule has 0 aromatic heterocycles. The Morgan fingerprint density at radius 2 is 1.90 bits per heavy atom. The summed E-state index contributed by atoms with van der Waals surface area (Å²) in [6.07, 6.45) is 0. The Bertz CT molecular complexity index is 511. The molecule has 0 spiro atoms. The number of esters is 1. The maximum absolute atomic E-state index is 11.6. The van der Waals surface area contributed by atoms with E-state index in [9.17, 15) is 9.59 Å². The number of amides is 1. The fourth-order valence-corrected chi connectivity index (χ4v) is 1.88. The summed E-state index contributed by atoms with van der Waals surface area (Å²) in [5.41, 5.74) is 3.22.